The molecule has 1 rings (SSSR count). The second-order valence-electron chi connectivity index (χ2n) is 6.10. The number of likely N-dealkylation sites (tertiary alicyclic amines) is 1. The fourth-order valence-electron chi connectivity index (χ4n) is 3.01. The van der Waals surface area contributed by atoms with Crippen LogP contribution >= 0.6 is 0 Å². The highest BCUT2D eigenvalue weighted by molar-refractivity contribution is 4.82. The number of hydrogen-bond acceptors (Lipinski definition) is 2. The lowest BCUT2D eigenvalue weighted by atomic mass is 9.89. The lowest BCUT2D eigenvalue weighted by Gasteiger charge is -2.40. The summed E-state index contributed by atoms with van der Waals surface area (Å²) in [6.45, 7) is 10.7. The Hall–Kier alpha value is -0.0800. The van der Waals surface area contributed by atoms with Crippen LogP contribution in [0.3, 0.4) is 0 Å². The zero-order valence-corrected chi connectivity index (χ0v) is 11.7. The van der Waals surface area contributed by atoms with Gasteiger partial charge in [0.25, 0.3) is 0 Å². The quantitative estimate of drug-likeness (QED) is 0.749. The third-order valence-electron chi connectivity index (χ3n) is 3.66. The molecule has 0 aliphatic carbocycles. The predicted octanol–water partition coefficient (Wildman–Crippen LogP) is 2.89. The summed E-state index contributed by atoms with van der Waals surface area (Å²) in [5.41, 5.74) is 0.401. The molecular weight excluding hydrogens is 196 g/mol. The van der Waals surface area contributed by atoms with E-state index >= 15 is 0 Å². The zero-order chi connectivity index (χ0) is 12.0. The van der Waals surface area contributed by atoms with E-state index in [0.717, 1.165) is 12.6 Å². The molecular formula is C14H30N2. The Balaban J connectivity index is 2.48. The van der Waals surface area contributed by atoms with Gasteiger partial charge < -0.3 is 5.32 Å². The van der Waals surface area contributed by atoms with Gasteiger partial charge in [-0.15, -0.1) is 0 Å². The first kappa shape index (κ1) is 14.0. The molecule has 16 heavy (non-hydrogen) atoms. The van der Waals surface area contributed by atoms with Crippen LogP contribution in [-0.2, 0) is 0 Å². The van der Waals surface area contributed by atoms with Crippen molar-refractivity contribution < 1.29 is 0 Å². The summed E-state index contributed by atoms with van der Waals surface area (Å²) >= 11 is 0. The molecule has 1 fully saturated rings. The van der Waals surface area contributed by atoms with Crippen LogP contribution in [0.2, 0.25) is 0 Å². The van der Waals surface area contributed by atoms with Crippen molar-refractivity contribution in [1.82, 2.24) is 10.2 Å². The molecule has 1 heterocycles. The number of rotatable bonds is 6. The molecule has 0 spiro atoms. The van der Waals surface area contributed by atoms with Gasteiger partial charge in [-0.3, -0.25) is 4.90 Å². The Morgan fingerprint density at radius 1 is 1.31 bits per heavy atom. The van der Waals surface area contributed by atoms with E-state index in [4.69, 9.17) is 0 Å². The fraction of sp³-hybridized carbons (Fsp3) is 1.00. The van der Waals surface area contributed by atoms with E-state index in [0.29, 0.717) is 5.41 Å². The van der Waals surface area contributed by atoms with Gasteiger partial charge in [0.1, 0.15) is 0 Å². The van der Waals surface area contributed by atoms with Gasteiger partial charge in [-0.05, 0) is 38.3 Å². The van der Waals surface area contributed by atoms with Crippen molar-refractivity contribution in [1.29, 1.82) is 0 Å². The van der Waals surface area contributed by atoms with Gasteiger partial charge in [0, 0.05) is 19.1 Å². The molecule has 1 aliphatic heterocycles. The van der Waals surface area contributed by atoms with Gasteiger partial charge in [-0.25, -0.2) is 0 Å². The van der Waals surface area contributed by atoms with Gasteiger partial charge in [0.05, 0.1) is 0 Å². The molecule has 0 saturated carbocycles. The maximum atomic E-state index is 3.32. The van der Waals surface area contributed by atoms with Crippen molar-refractivity contribution in [2.24, 2.45) is 5.41 Å². The Bertz CT molecular complexity index is 187. The van der Waals surface area contributed by atoms with E-state index in [9.17, 15) is 0 Å². The SMILES string of the molecule is CCCC1CCCCN1CC(C)(C)CNC. The van der Waals surface area contributed by atoms with Gasteiger partial charge in [0.15, 0.2) is 0 Å². The highest BCUT2D eigenvalue weighted by Crippen LogP contribution is 2.25. The third kappa shape index (κ3) is 4.42. The van der Waals surface area contributed by atoms with Gasteiger partial charge in [0.2, 0.25) is 0 Å². The zero-order valence-electron chi connectivity index (χ0n) is 11.7. The van der Waals surface area contributed by atoms with Gasteiger partial charge in [-0.1, -0.05) is 33.6 Å². The molecule has 1 unspecified atom stereocenters. The van der Waals surface area contributed by atoms with E-state index in [2.05, 4.69) is 38.0 Å². The maximum Gasteiger partial charge on any atom is 0.00954 e. The number of nitrogens with one attached hydrogen (secondary N) is 1. The molecule has 0 aromatic rings. The summed E-state index contributed by atoms with van der Waals surface area (Å²) in [7, 11) is 2.06. The Labute approximate surface area is 102 Å². The normalized spacial score (nSPS) is 23.6. The first-order valence-electron chi connectivity index (χ1n) is 6.97. The maximum absolute atomic E-state index is 3.32. The topological polar surface area (TPSA) is 15.3 Å². The minimum absolute atomic E-state index is 0.401. The predicted molar refractivity (Wildman–Crippen MR) is 71.8 cm³/mol. The third-order valence-corrected chi connectivity index (χ3v) is 3.66. The molecule has 1 atom stereocenters. The smallest absolute Gasteiger partial charge is 0.00954 e. The summed E-state index contributed by atoms with van der Waals surface area (Å²) in [4.78, 5) is 2.74. The van der Waals surface area contributed by atoms with Crippen LogP contribution in [-0.4, -0.2) is 37.6 Å². The molecule has 0 aromatic carbocycles. The highest BCUT2D eigenvalue weighted by atomic mass is 15.2. The Kier molecular flexibility index (Phi) is 5.77. The van der Waals surface area contributed by atoms with E-state index < -0.39 is 0 Å². The van der Waals surface area contributed by atoms with Crippen molar-refractivity contribution in [3.63, 3.8) is 0 Å². The molecule has 0 aromatic heterocycles. The van der Waals surface area contributed by atoms with Crippen LogP contribution in [0.15, 0.2) is 0 Å². The average Bonchev–Trinajstić information content (AvgIpc) is 2.20. The molecule has 2 heteroatoms. The van der Waals surface area contributed by atoms with E-state index in [1.165, 1.54) is 45.2 Å². The van der Waals surface area contributed by atoms with E-state index in [1.54, 1.807) is 0 Å². The lowest BCUT2D eigenvalue weighted by Crippen LogP contribution is -2.46. The molecule has 1 aliphatic rings. The summed E-state index contributed by atoms with van der Waals surface area (Å²) in [6, 6.07) is 0.856. The average molecular weight is 226 g/mol. The van der Waals surface area contributed by atoms with Crippen LogP contribution in [0.4, 0.5) is 0 Å². The lowest BCUT2D eigenvalue weighted by molar-refractivity contribution is 0.0904. The minimum atomic E-state index is 0.401. The number of nitrogens with zero attached hydrogens (tertiary/aromatic N) is 1. The second kappa shape index (κ2) is 6.61. The molecule has 1 saturated heterocycles. The van der Waals surface area contributed by atoms with E-state index in [1.807, 2.05) is 0 Å². The van der Waals surface area contributed by atoms with Crippen molar-refractivity contribution in [2.75, 3.05) is 26.7 Å². The van der Waals surface area contributed by atoms with Crippen LogP contribution in [0.1, 0.15) is 52.9 Å². The molecule has 0 radical (unpaired) electrons. The van der Waals surface area contributed by atoms with Gasteiger partial charge >= 0.3 is 0 Å². The summed E-state index contributed by atoms with van der Waals surface area (Å²) in [6.07, 6.45) is 6.97. The van der Waals surface area contributed by atoms with Gasteiger partial charge in [-0.2, -0.15) is 0 Å². The molecule has 2 nitrogen and oxygen atoms in total. The number of piperidine rings is 1. The molecule has 0 amide bonds. The van der Waals surface area contributed by atoms with Crippen molar-refractivity contribution in [3.8, 4) is 0 Å². The largest absolute Gasteiger partial charge is 0.319 e. The monoisotopic (exact) mass is 226 g/mol. The first-order valence-corrected chi connectivity index (χ1v) is 6.97. The van der Waals surface area contributed by atoms with E-state index in [-0.39, 0.29) is 0 Å². The highest BCUT2D eigenvalue weighted by Gasteiger charge is 2.27. The van der Waals surface area contributed by atoms with Crippen molar-refractivity contribution in [2.45, 2.75) is 58.9 Å². The molecule has 96 valence electrons. The Morgan fingerprint density at radius 3 is 2.69 bits per heavy atom. The van der Waals surface area contributed by atoms with Crippen molar-refractivity contribution in [3.05, 3.63) is 0 Å². The van der Waals surface area contributed by atoms with Crippen LogP contribution in [0.5, 0.6) is 0 Å². The first-order chi connectivity index (χ1) is 7.59. The summed E-state index contributed by atoms with van der Waals surface area (Å²) in [5.74, 6) is 0. The fourth-order valence-corrected chi connectivity index (χ4v) is 3.01. The van der Waals surface area contributed by atoms with Crippen LogP contribution < -0.4 is 5.32 Å². The summed E-state index contributed by atoms with van der Waals surface area (Å²) in [5, 5.41) is 3.32. The molecule has 0 bridgehead atoms. The van der Waals surface area contributed by atoms with Crippen molar-refractivity contribution >= 4 is 0 Å². The standard InChI is InChI=1S/C14H30N2/c1-5-8-13-9-6-7-10-16(13)12-14(2,3)11-15-4/h13,15H,5-12H2,1-4H3. The summed E-state index contributed by atoms with van der Waals surface area (Å²) < 4.78 is 0. The molecule has 1 N–H and O–H groups in total. The van der Waals surface area contributed by atoms with Crippen LogP contribution in [0, 0.1) is 5.41 Å². The second-order valence-corrected chi connectivity index (χ2v) is 6.10. The van der Waals surface area contributed by atoms with Crippen LogP contribution in [0.25, 0.3) is 0 Å². The Morgan fingerprint density at radius 2 is 2.06 bits per heavy atom. The minimum Gasteiger partial charge on any atom is -0.319 e. The number of hydrogen-bond donors (Lipinski definition) is 1.